The van der Waals surface area contributed by atoms with Gasteiger partial charge in [0, 0.05) is 55.4 Å². The molecule has 0 aliphatic carbocycles. The first-order valence-electron chi connectivity index (χ1n) is 16.7. The number of carbonyl (C=O) groups excluding carboxylic acids is 2. The average Bonchev–Trinajstić information content (AvgIpc) is 3.51. The molecule has 2 aliphatic rings. The third kappa shape index (κ3) is 7.69. The maximum Gasteiger partial charge on any atom is 0.337 e. The average molecular weight is 716 g/mol. The predicted octanol–water partition coefficient (Wildman–Crippen LogP) is 1.60. The zero-order valence-electron chi connectivity index (χ0n) is 28.9. The van der Waals surface area contributed by atoms with Crippen molar-refractivity contribution >= 4 is 45.8 Å². The van der Waals surface area contributed by atoms with Crippen LogP contribution < -0.4 is 9.64 Å². The first-order valence-corrected chi connectivity index (χ1v) is 16.7. The molecule has 0 bridgehead atoms. The van der Waals surface area contributed by atoms with Crippen molar-refractivity contribution in [1.29, 1.82) is 0 Å². The number of nitrogens with one attached hydrogen (secondary N) is 1. The molecule has 5 unspecified atom stereocenters. The highest BCUT2D eigenvalue weighted by Crippen LogP contribution is 2.35. The van der Waals surface area contributed by atoms with Crippen LogP contribution in [0.3, 0.4) is 0 Å². The summed E-state index contributed by atoms with van der Waals surface area (Å²) in [5.74, 6) is -2.21. The number of carboxylic acid groups (broad SMARTS) is 1. The van der Waals surface area contributed by atoms with Gasteiger partial charge in [0.05, 0.1) is 36.2 Å². The number of esters is 1. The Bertz CT molecular complexity index is 1940. The number of carboxylic acids is 1. The molecule has 3 aromatic carbocycles. The van der Waals surface area contributed by atoms with Crippen molar-refractivity contribution in [3.63, 3.8) is 0 Å². The lowest BCUT2D eigenvalue weighted by molar-refractivity contribution is -0.271. The minimum atomic E-state index is -1.91. The summed E-state index contributed by atoms with van der Waals surface area (Å²) >= 11 is 0. The molecule has 0 saturated carbocycles. The van der Waals surface area contributed by atoms with Gasteiger partial charge in [-0.05, 0) is 43.4 Å². The normalized spacial score (nSPS) is 23.0. The second-order valence-electron chi connectivity index (χ2n) is 12.8. The van der Waals surface area contributed by atoms with E-state index in [-0.39, 0.29) is 17.4 Å². The van der Waals surface area contributed by atoms with Crippen LogP contribution in [0, 0.1) is 0 Å². The molecule has 5 atom stereocenters. The first-order chi connectivity index (χ1) is 24.9. The molecule has 2 fully saturated rings. The van der Waals surface area contributed by atoms with Crippen LogP contribution in [0.5, 0.6) is 5.88 Å². The van der Waals surface area contributed by atoms with Crippen LogP contribution in [0.2, 0.25) is 0 Å². The number of aliphatic carboxylic acids is 1. The van der Waals surface area contributed by atoms with Crippen molar-refractivity contribution in [2.75, 3.05) is 58.8 Å². The summed E-state index contributed by atoms with van der Waals surface area (Å²) in [7, 11) is 5.06. The Morgan fingerprint density at radius 1 is 0.923 bits per heavy atom. The maximum atomic E-state index is 13.1. The second kappa shape index (κ2) is 15.6. The van der Waals surface area contributed by atoms with Crippen molar-refractivity contribution in [3.05, 3.63) is 89.5 Å². The summed E-state index contributed by atoms with van der Waals surface area (Å²) < 4.78 is 16.4. The number of piperazine rings is 1. The molecule has 274 valence electrons. The van der Waals surface area contributed by atoms with Gasteiger partial charge in [-0.3, -0.25) is 9.69 Å². The number of aromatic nitrogens is 1. The molecule has 3 heterocycles. The molecular formula is C37H41N5O10. The van der Waals surface area contributed by atoms with Gasteiger partial charge in [-0.1, -0.05) is 36.4 Å². The number of hydrogen-bond acceptors (Lipinski definition) is 12. The van der Waals surface area contributed by atoms with E-state index < -0.39 is 42.6 Å². The molecule has 2 saturated heterocycles. The SMILES string of the molecule is COC(=O)c1ccc2c(C(=Nc3ccc(N(C)C(=O)CN4CCN(C)CC4)cc3)c3ccccc3)c(OC3OC(C(=O)O)C(O)C(O)C3O)[nH]c2c1. The van der Waals surface area contributed by atoms with Crippen molar-refractivity contribution in [1.82, 2.24) is 14.8 Å². The molecule has 0 radical (unpaired) electrons. The van der Waals surface area contributed by atoms with Crippen LogP contribution in [0.1, 0.15) is 21.5 Å². The summed E-state index contributed by atoms with van der Waals surface area (Å²) in [6, 6.07) is 21.0. The van der Waals surface area contributed by atoms with Crippen LogP contribution in [-0.2, 0) is 19.1 Å². The third-order valence-corrected chi connectivity index (χ3v) is 9.32. The van der Waals surface area contributed by atoms with E-state index in [0.717, 1.165) is 26.2 Å². The van der Waals surface area contributed by atoms with Crippen LogP contribution in [0.15, 0.2) is 77.8 Å². The van der Waals surface area contributed by atoms with Crippen LogP contribution in [0.25, 0.3) is 10.9 Å². The molecule has 52 heavy (non-hydrogen) atoms. The zero-order chi connectivity index (χ0) is 37.1. The minimum Gasteiger partial charge on any atom is -0.479 e. The number of rotatable bonds is 10. The number of aromatic amines is 1. The number of likely N-dealkylation sites (N-methyl/N-ethyl adjacent to an activating group) is 2. The molecule has 4 aromatic rings. The number of aliphatic hydroxyl groups excluding tert-OH is 3. The number of amides is 1. The van der Waals surface area contributed by atoms with E-state index in [1.807, 2.05) is 30.3 Å². The van der Waals surface area contributed by atoms with Gasteiger partial charge < -0.3 is 49.4 Å². The standard InChI is InChI=1S/C37H41N5O10/c1-40-15-17-42(18-16-40)20-27(43)41(2)24-12-10-23(11-13-24)38-29(21-7-5-4-6-8-21)28-25-14-9-22(36(49)50-3)19-26(25)39-34(28)52-37-32(46)30(44)31(45)33(51-37)35(47)48/h4-14,19,30-33,37,39,44-46H,15-18,20H2,1-3H3,(H,47,48). The molecule has 15 heteroatoms. The number of ether oxygens (including phenoxy) is 3. The molecule has 5 N–H and O–H groups in total. The van der Waals surface area contributed by atoms with Gasteiger partial charge in [0.25, 0.3) is 0 Å². The predicted molar refractivity (Wildman–Crippen MR) is 190 cm³/mol. The number of carbonyl (C=O) groups is 3. The smallest absolute Gasteiger partial charge is 0.337 e. The highest BCUT2D eigenvalue weighted by Gasteiger charge is 2.48. The van der Waals surface area contributed by atoms with Crippen LogP contribution in [-0.4, -0.2) is 143 Å². The summed E-state index contributed by atoms with van der Waals surface area (Å²) in [4.78, 5) is 51.5. The van der Waals surface area contributed by atoms with E-state index in [0.29, 0.717) is 45.7 Å². The Hall–Kier alpha value is -5.16. The molecule has 1 aromatic heterocycles. The van der Waals surface area contributed by atoms with Crippen LogP contribution >= 0.6 is 0 Å². The van der Waals surface area contributed by atoms with Crippen molar-refractivity contribution in [2.24, 2.45) is 4.99 Å². The van der Waals surface area contributed by atoms with Crippen LogP contribution in [0.4, 0.5) is 11.4 Å². The largest absolute Gasteiger partial charge is 0.479 e. The van der Waals surface area contributed by atoms with Gasteiger partial charge in [0.15, 0.2) is 6.10 Å². The fourth-order valence-corrected chi connectivity index (χ4v) is 6.19. The summed E-state index contributed by atoms with van der Waals surface area (Å²) in [6.45, 7) is 3.77. The highest BCUT2D eigenvalue weighted by molar-refractivity contribution is 6.22. The summed E-state index contributed by atoms with van der Waals surface area (Å²) in [6.07, 6.45) is -9.28. The molecule has 15 nitrogen and oxygen atoms in total. The van der Waals surface area contributed by atoms with Gasteiger partial charge in [0.1, 0.15) is 18.3 Å². The topological polar surface area (TPSA) is 198 Å². The Morgan fingerprint density at radius 3 is 2.27 bits per heavy atom. The highest BCUT2D eigenvalue weighted by atomic mass is 16.7. The fourth-order valence-electron chi connectivity index (χ4n) is 6.19. The Labute approximate surface area is 299 Å². The van der Waals surface area contributed by atoms with E-state index in [9.17, 15) is 34.8 Å². The molecular weight excluding hydrogens is 674 g/mol. The lowest BCUT2D eigenvalue weighted by atomic mass is 9.98. The number of methoxy groups -OCH3 is 1. The number of nitrogens with zero attached hydrogens (tertiary/aromatic N) is 4. The van der Waals surface area contributed by atoms with E-state index in [2.05, 4.69) is 21.8 Å². The van der Waals surface area contributed by atoms with E-state index in [4.69, 9.17) is 19.2 Å². The van der Waals surface area contributed by atoms with E-state index >= 15 is 0 Å². The van der Waals surface area contributed by atoms with Crippen molar-refractivity contribution in [2.45, 2.75) is 30.7 Å². The number of aliphatic hydroxyl groups is 3. The maximum absolute atomic E-state index is 13.1. The van der Waals surface area contributed by atoms with E-state index in [1.165, 1.54) is 7.11 Å². The third-order valence-electron chi connectivity index (χ3n) is 9.32. The minimum absolute atomic E-state index is 0.0257. The number of anilines is 1. The molecule has 6 rings (SSSR count). The van der Waals surface area contributed by atoms with Gasteiger partial charge in [-0.15, -0.1) is 0 Å². The number of aliphatic imine (C=N–C) groups is 1. The number of H-pyrrole nitrogens is 1. The zero-order valence-corrected chi connectivity index (χ0v) is 28.9. The lowest BCUT2D eigenvalue weighted by Gasteiger charge is -2.38. The first kappa shape index (κ1) is 36.6. The lowest BCUT2D eigenvalue weighted by Crippen LogP contribution is -2.61. The quantitative estimate of drug-likeness (QED) is 0.118. The van der Waals surface area contributed by atoms with Gasteiger partial charge in [0.2, 0.25) is 18.1 Å². The molecule has 1 amide bonds. The number of benzene rings is 3. The molecule has 2 aliphatic heterocycles. The van der Waals surface area contributed by atoms with Crippen molar-refractivity contribution in [3.8, 4) is 5.88 Å². The van der Waals surface area contributed by atoms with E-state index in [1.54, 1.807) is 54.4 Å². The second-order valence-corrected chi connectivity index (χ2v) is 12.8. The summed E-state index contributed by atoms with van der Waals surface area (Å²) in [5.41, 5.74) is 3.25. The Morgan fingerprint density at radius 2 is 1.62 bits per heavy atom. The van der Waals surface area contributed by atoms with Gasteiger partial charge in [-0.2, -0.15) is 0 Å². The van der Waals surface area contributed by atoms with Gasteiger partial charge in [-0.25, -0.2) is 14.6 Å². The van der Waals surface area contributed by atoms with Crippen molar-refractivity contribution < 1.29 is 49.0 Å². The Balaban J connectivity index is 1.39. The van der Waals surface area contributed by atoms with Gasteiger partial charge >= 0.3 is 11.9 Å². The monoisotopic (exact) mass is 715 g/mol. The molecule has 0 spiro atoms. The number of hydrogen-bond donors (Lipinski definition) is 5. The Kier molecular flexibility index (Phi) is 11.0. The summed E-state index contributed by atoms with van der Waals surface area (Å²) in [5, 5.41) is 41.7. The number of fused-ring (bicyclic) bond motifs is 1. The fraction of sp³-hybridized carbons (Fsp3) is 0.351.